The SMILES string of the molecule is C=CCC1(C=O)CCC2=CC(Nc3ccc(F)cc3)=C(CN)C[C@@]21C. The molecule has 1 fully saturated rings. The van der Waals surface area contributed by atoms with Crippen LogP contribution in [0, 0.1) is 16.6 Å². The second-order valence-corrected chi connectivity index (χ2v) is 7.30. The molecule has 0 heterocycles. The first-order chi connectivity index (χ1) is 12.0. The number of allylic oxidation sites excluding steroid dienone is 3. The molecule has 3 rings (SSSR count). The third kappa shape index (κ3) is 2.85. The molecule has 1 aromatic rings. The molecule has 2 aliphatic rings. The zero-order valence-corrected chi connectivity index (χ0v) is 14.6. The van der Waals surface area contributed by atoms with Gasteiger partial charge >= 0.3 is 0 Å². The van der Waals surface area contributed by atoms with Gasteiger partial charge in [-0.25, -0.2) is 4.39 Å². The van der Waals surface area contributed by atoms with Crippen molar-refractivity contribution in [2.24, 2.45) is 16.6 Å². The Morgan fingerprint density at radius 2 is 2.08 bits per heavy atom. The number of aldehydes is 1. The second kappa shape index (κ2) is 6.60. The molecule has 1 aromatic carbocycles. The minimum Gasteiger partial charge on any atom is -0.356 e. The predicted octanol–water partition coefficient (Wildman–Crippen LogP) is 4.34. The Labute approximate surface area is 148 Å². The fourth-order valence-electron chi connectivity index (χ4n) is 4.37. The van der Waals surface area contributed by atoms with Crippen molar-refractivity contribution in [1.82, 2.24) is 0 Å². The van der Waals surface area contributed by atoms with Gasteiger partial charge in [0.15, 0.2) is 0 Å². The van der Waals surface area contributed by atoms with Gasteiger partial charge in [-0.2, -0.15) is 0 Å². The number of anilines is 1. The normalized spacial score (nSPS) is 28.4. The van der Waals surface area contributed by atoms with Crippen LogP contribution in [0.15, 0.2) is 59.8 Å². The Balaban J connectivity index is 1.95. The van der Waals surface area contributed by atoms with Gasteiger partial charge in [-0.3, -0.25) is 0 Å². The minimum atomic E-state index is -0.400. The highest BCUT2D eigenvalue weighted by molar-refractivity contribution is 5.67. The van der Waals surface area contributed by atoms with E-state index in [4.69, 9.17) is 5.73 Å². The molecule has 0 radical (unpaired) electrons. The van der Waals surface area contributed by atoms with Crippen LogP contribution in [0.25, 0.3) is 0 Å². The highest BCUT2D eigenvalue weighted by atomic mass is 19.1. The van der Waals surface area contributed by atoms with Crippen LogP contribution in [0.5, 0.6) is 0 Å². The van der Waals surface area contributed by atoms with Crippen molar-refractivity contribution >= 4 is 12.0 Å². The van der Waals surface area contributed by atoms with Crippen molar-refractivity contribution in [2.75, 3.05) is 11.9 Å². The van der Waals surface area contributed by atoms with Crippen LogP contribution in [0.4, 0.5) is 10.1 Å². The molecule has 0 saturated heterocycles. The van der Waals surface area contributed by atoms with E-state index in [1.807, 2.05) is 6.08 Å². The number of hydrogen-bond acceptors (Lipinski definition) is 3. The quantitative estimate of drug-likeness (QED) is 0.598. The smallest absolute Gasteiger partial charge is 0.127 e. The van der Waals surface area contributed by atoms with E-state index in [0.29, 0.717) is 13.0 Å². The van der Waals surface area contributed by atoms with E-state index in [9.17, 15) is 9.18 Å². The maximum absolute atomic E-state index is 13.1. The molecule has 4 heteroatoms. The van der Waals surface area contributed by atoms with Crippen LogP contribution in [0.2, 0.25) is 0 Å². The first kappa shape index (κ1) is 17.6. The zero-order chi connectivity index (χ0) is 18.1. The Kier molecular flexibility index (Phi) is 4.65. The molecule has 132 valence electrons. The molecule has 0 amide bonds. The van der Waals surface area contributed by atoms with Crippen molar-refractivity contribution in [3.05, 3.63) is 65.7 Å². The van der Waals surface area contributed by atoms with E-state index >= 15 is 0 Å². The van der Waals surface area contributed by atoms with Crippen molar-refractivity contribution in [2.45, 2.75) is 32.6 Å². The molecule has 1 unspecified atom stereocenters. The summed E-state index contributed by atoms with van der Waals surface area (Å²) < 4.78 is 13.1. The van der Waals surface area contributed by atoms with Crippen LogP contribution < -0.4 is 11.1 Å². The fraction of sp³-hybridized carbons (Fsp3) is 0.381. The van der Waals surface area contributed by atoms with Crippen LogP contribution in [0.1, 0.15) is 32.6 Å². The van der Waals surface area contributed by atoms with Gasteiger partial charge in [0.1, 0.15) is 12.1 Å². The van der Waals surface area contributed by atoms with Gasteiger partial charge in [0, 0.05) is 28.8 Å². The minimum absolute atomic E-state index is 0.217. The van der Waals surface area contributed by atoms with E-state index in [0.717, 1.165) is 42.5 Å². The van der Waals surface area contributed by atoms with E-state index in [1.165, 1.54) is 17.7 Å². The van der Waals surface area contributed by atoms with Crippen LogP contribution >= 0.6 is 0 Å². The number of hydrogen-bond donors (Lipinski definition) is 2. The maximum Gasteiger partial charge on any atom is 0.127 e. The number of rotatable bonds is 6. The molecule has 3 nitrogen and oxygen atoms in total. The number of carbonyl (C=O) groups excluding carboxylic acids is 1. The summed E-state index contributed by atoms with van der Waals surface area (Å²) in [4.78, 5) is 12.0. The van der Waals surface area contributed by atoms with Gasteiger partial charge in [-0.05, 0) is 61.6 Å². The summed E-state index contributed by atoms with van der Waals surface area (Å²) in [7, 11) is 0. The monoisotopic (exact) mass is 340 g/mol. The van der Waals surface area contributed by atoms with Gasteiger partial charge in [0.05, 0.1) is 0 Å². The summed E-state index contributed by atoms with van der Waals surface area (Å²) in [5, 5.41) is 3.36. The number of fused-ring (bicyclic) bond motifs is 1. The topological polar surface area (TPSA) is 55.1 Å². The summed E-state index contributed by atoms with van der Waals surface area (Å²) in [6.45, 7) is 6.44. The first-order valence-electron chi connectivity index (χ1n) is 8.71. The first-order valence-corrected chi connectivity index (χ1v) is 8.71. The second-order valence-electron chi connectivity index (χ2n) is 7.30. The molecule has 25 heavy (non-hydrogen) atoms. The standard InChI is InChI=1S/C21H25FN2O/c1-3-9-21(14-25)10-8-16-11-19(15(13-23)12-20(16,21)2)24-18-6-4-17(22)5-7-18/h3-7,11,14,24H,1,8-10,12-13,23H2,2H3/t20-,21?/m0/s1. The number of nitrogens with two attached hydrogens (primary N) is 1. The number of carbonyl (C=O) groups is 1. The van der Waals surface area contributed by atoms with Crippen molar-refractivity contribution < 1.29 is 9.18 Å². The predicted molar refractivity (Wildman–Crippen MR) is 99.5 cm³/mol. The van der Waals surface area contributed by atoms with Gasteiger partial charge in [0.2, 0.25) is 0 Å². The highest BCUT2D eigenvalue weighted by Gasteiger charge is 2.55. The molecule has 0 spiro atoms. The van der Waals surface area contributed by atoms with E-state index in [2.05, 4.69) is 24.9 Å². The number of nitrogens with one attached hydrogen (secondary N) is 1. The molecule has 2 atom stereocenters. The highest BCUT2D eigenvalue weighted by Crippen LogP contribution is 2.61. The zero-order valence-electron chi connectivity index (χ0n) is 14.6. The summed E-state index contributed by atoms with van der Waals surface area (Å²) >= 11 is 0. The summed E-state index contributed by atoms with van der Waals surface area (Å²) in [6, 6.07) is 6.29. The van der Waals surface area contributed by atoms with Gasteiger partial charge in [-0.15, -0.1) is 6.58 Å². The number of halogens is 1. The lowest BCUT2D eigenvalue weighted by molar-refractivity contribution is -0.120. The van der Waals surface area contributed by atoms with Crippen LogP contribution in [-0.4, -0.2) is 12.8 Å². The molecule has 2 aliphatic carbocycles. The van der Waals surface area contributed by atoms with Crippen LogP contribution in [0.3, 0.4) is 0 Å². The molecule has 0 aliphatic heterocycles. The lowest BCUT2D eigenvalue weighted by Gasteiger charge is -2.43. The van der Waals surface area contributed by atoms with Crippen LogP contribution in [-0.2, 0) is 4.79 Å². The Morgan fingerprint density at radius 1 is 1.36 bits per heavy atom. The molecule has 0 aromatic heterocycles. The van der Waals surface area contributed by atoms with Gasteiger partial charge in [-0.1, -0.05) is 18.6 Å². The third-order valence-corrected chi connectivity index (χ3v) is 6.02. The third-order valence-electron chi connectivity index (χ3n) is 6.02. The van der Waals surface area contributed by atoms with E-state index in [1.54, 1.807) is 12.1 Å². The van der Waals surface area contributed by atoms with Crippen molar-refractivity contribution in [3.63, 3.8) is 0 Å². The summed E-state index contributed by atoms with van der Waals surface area (Å²) in [5.74, 6) is -0.260. The average molecular weight is 340 g/mol. The molecular formula is C21H25FN2O. The average Bonchev–Trinajstić information content (AvgIpc) is 2.89. The fourth-order valence-corrected chi connectivity index (χ4v) is 4.37. The Hall–Kier alpha value is -2.20. The molecule has 1 saturated carbocycles. The lowest BCUT2D eigenvalue weighted by atomic mass is 9.60. The molecular weight excluding hydrogens is 315 g/mol. The van der Waals surface area contributed by atoms with Crippen molar-refractivity contribution in [3.8, 4) is 0 Å². The summed E-state index contributed by atoms with van der Waals surface area (Å²) in [5.41, 5.74) is 9.58. The van der Waals surface area contributed by atoms with E-state index in [-0.39, 0.29) is 11.2 Å². The molecule has 0 bridgehead atoms. The van der Waals surface area contributed by atoms with Gasteiger partial charge in [0.25, 0.3) is 0 Å². The summed E-state index contributed by atoms with van der Waals surface area (Å²) in [6.07, 6.45) is 8.29. The molecule has 3 N–H and O–H groups in total. The Morgan fingerprint density at radius 3 is 2.68 bits per heavy atom. The Bertz CT molecular complexity index is 750. The maximum atomic E-state index is 13.1. The van der Waals surface area contributed by atoms with E-state index < -0.39 is 5.41 Å². The number of benzene rings is 1. The van der Waals surface area contributed by atoms with Gasteiger partial charge < -0.3 is 15.8 Å². The lowest BCUT2D eigenvalue weighted by Crippen LogP contribution is -2.40. The van der Waals surface area contributed by atoms with Crippen molar-refractivity contribution in [1.29, 1.82) is 0 Å². The largest absolute Gasteiger partial charge is 0.356 e.